The van der Waals surface area contributed by atoms with Crippen molar-refractivity contribution in [2.45, 2.75) is 52.9 Å². The van der Waals surface area contributed by atoms with Crippen molar-refractivity contribution in [3.63, 3.8) is 0 Å². The van der Waals surface area contributed by atoms with Gasteiger partial charge in [0.25, 0.3) is 0 Å². The maximum absolute atomic E-state index is 3.93. The molecule has 1 aliphatic rings. The van der Waals surface area contributed by atoms with E-state index in [1.165, 1.54) is 37.7 Å². The summed E-state index contributed by atoms with van der Waals surface area (Å²) < 4.78 is 0. The van der Waals surface area contributed by atoms with Crippen LogP contribution in [0.1, 0.15) is 52.9 Å². The number of hydrogen-bond donors (Lipinski definition) is 0. The molecule has 0 aliphatic heterocycles. The lowest BCUT2D eigenvalue weighted by atomic mass is 9.88. The van der Waals surface area contributed by atoms with E-state index in [-0.39, 0.29) is 0 Å². The zero-order valence-electron chi connectivity index (χ0n) is 10.5. The third kappa shape index (κ3) is 3.37. The summed E-state index contributed by atoms with van der Waals surface area (Å²) in [7, 11) is 0. The van der Waals surface area contributed by atoms with E-state index >= 15 is 0 Å². The first kappa shape index (κ1) is 12.3. The van der Waals surface area contributed by atoms with E-state index in [0.717, 1.165) is 0 Å². The minimum absolute atomic E-state index is 0.676. The summed E-state index contributed by atoms with van der Waals surface area (Å²) in [4.78, 5) is 0. The second-order valence-corrected chi connectivity index (χ2v) is 4.69. The average molecular weight is 204 g/mol. The molecule has 0 aromatic carbocycles. The Hall–Kier alpha value is -0.780. The van der Waals surface area contributed by atoms with E-state index in [9.17, 15) is 0 Å². The van der Waals surface area contributed by atoms with Gasteiger partial charge in [-0.1, -0.05) is 45.1 Å². The first-order valence-corrected chi connectivity index (χ1v) is 6.24. The molecule has 0 aromatic heterocycles. The molecule has 15 heavy (non-hydrogen) atoms. The lowest BCUT2D eigenvalue weighted by Crippen LogP contribution is -1.99. The normalized spacial score (nSPS) is 18.5. The van der Waals surface area contributed by atoms with Crippen LogP contribution in [0.2, 0.25) is 0 Å². The molecule has 84 valence electrons. The van der Waals surface area contributed by atoms with Crippen molar-refractivity contribution in [3.05, 3.63) is 35.5 Å². The molecule has 1 rings (SSSR count). The van der Waals surface area contributed by atoms with Gasteiger partial charge in [-0.25, -0.2) is 0 Å². The summed E-state index contributed by atoms with van der Waals surface area (Å²) in [5, 5.41) is 0. The fraction of sp³-hybridized carbons (Fsp3) is 0.600. The zero-order chi connectivity index (χ0) is 11.3. The van der Waals surface area contributed by atoms with Gasteiger partial charge in [-0.05, 0) is 49.2 Å². The van der Waals surface area contributed by atoms with Crippen LogP contribution in [0.4, 0.5) is 0 Å². The Kier molecular flexibility index (Phi) is 4.87. The highest BCUT2D eigenvalue weighted by Crippen LogP contribution is 2.28. The molecule has 0 spiro atoms. The van der Waals surface area contributed by atoms with E-state index in [1.807, 2.05) is 0 Å². The third-order valence-electron chi connectivity index (χ3n) is 3.31. The van der Waals surface area contributed by atoms with E-state index in [2.05, 4.69) is 39.5 Å². The van der Waals surface area contributed by atoms with Crippen molar-refractivity contribution in [1.29, 1.82) is 0 Å². The van der Waals surface area contributed by atoms with Gasteiger partial charge in [-0.15, -0.1) is 0 Å². The van der Waals surface area contributed by atoms with Crippen LogP contribution in [0.25, 0.3) is 0 Å². The van der Waals surface area contributed by atoms with Gasteiger partial charge in [0.1, 0.15) is 0 Å². The molecule has 0 atom stereocenters. The molecule has 0 heteroatoms. The summed E-state index contributed by atoms with van der Waals surface area (Å²) in [6.07, 6.45) is 10.8. The Labute approximate surface area is 94.8 Å². The Morgan fingerprint density at radius 3 is 2.33 bits per heavy atom. The first-order chi connectivity index (χ1) is 7.19. The van der Waals surface area contributed by atoms with Crippen molar-refractivity contribution in [2.75, 3.05) is 0 Å². The van der Waals surface area contributed by atoms with Gasteiger partial charge in [-0.3, -0.25) is 0 Å². The van der Waals surface area contributed by atoms with E-state index < -0.39 is 0 Å². The molecule has 0 saturated heterocycles. The fourth-order valence-corrected chi connectivity index (χ4v) is 2.25. The van der Waals surface area contributed by atoms with Crippen molar-refractivity contribution in [1.82, 2.24) is 0 Å². The molecule has 0 saturated carbocycles. The molecule has 1 aliphatic carbocycles. The van der Waals surface area contributed by atoms with Crippen LogP contribution in [0, 0.1) is 5.92 Å². The lowest BCUT2D eigenvalue weighted by Gasteiger charge is -2.18. The number of allylic oxidation sites excluding steroid dienone is 5. The smallest absolute Gasteiger partial charge is 0.0257 e. The molecule has 0 heterocycles. The molecule has 0 amide bonds. The van der Waals surface area contributed by atoms with Crippen LogP contribution in [0.3, 0.4) is 0 Å². The minimum atomic E-state index is 0.676. The fourth-order valence-electron chi connectivity index (χ4n) is 2.25. The Balaban J connectivity index is 2.93. The molecule has 0 N–H and O–H groups in total. The topological polar surface area (TPSA) is 0 Å². The van der Waals surface area contributed by atoms with Gasteiger partial charge in [0.15, 0.2) is 0 Å². The van der Waals surface area contributed by atoms with Gasteiger partial charge < -0.3 is 0 Å². The average Bonchev–Trinajstić information content (AvgIpc) is 2.25. The van der Waals surface area contributed by atoms with Gasteiger partial charge >= 0.3 is 0 Å². The van der Waals surface area contributed by atoms with Crippen LogP contribution in [0.5, 0.6) is 0 Å². The van der Waals surface area contributed by atoms with Crippen molar-refractivity contribution in [2.24, 2.45) is 5.92 Å². The second kappa shape index (κ2) is 5.95. The summed E-state index contributed by atoms with van der Waals surface area (Å²) in [5.74, 6) is 0.676. The molecule has 0 bridgehead atoms. The van der Waals surface area contributed by atoms with E-state index in [1.54, 1.807) is 11.1 Å². The van der Waals surface area contributed by atoms with Crippen molar-refractivity contribution < 1.29 is 0 Å². The van der Waals surface area contributed by atoms with Crippen LogP contribution in [-0.2, 0) is 0 Å². The highest BCUT2D eigenvalue weighted by molar-refractivity contribution is 5.36. The second-order valence-electron chi connectivity index (χ2n) is 4.69. The Morgan fingerprint density at radius 1 is 1.27 bits per heavy atom. The monoisotopic (exact) mass is 204 g/mol. The van der Waals surface area contributed by atoms with Gasteiger partial charge in [0, 0.05) is 0 Å². The minimum Gasteiger partial charge on any atom is -0.0988 e. The largest absolute Gasteiger partial charge is 0.0988 e. The van der Waals surface area contributed by atoms with Crippen LogP contribution < -0.4 is 0 Å². The zero-order valence-corrected chi connectivity index (χ0v) is 10.5. The molecule has 0 unspecified atom stereocenters. The van der Waals surface area contributed by atoms with Crippen molar-refractivity contribution in [3.8, 4) is 0 Å². The molecular formula is C15H24. The predicted molar refractivity (Wildman–Crippen MR) is 68.9 cm³/mol. The van der Waals surface area contributed by atoms with Crippen LogP contribution in [-0.4, -0.2) is 0 Å². The summed E-state index contributed by atoms with van der Waals surface area (Å²) in [5.41, 5.74) is 4.60. The van der Waals surface area contributed by atoms with Crippen LogP contribution in [0.15, 0.2) is 35.5 Å². The molecule has 0 radical (unpaired) electrons. The molecule has 0 aromatic rings. The summed E-state index contributed by atoms with van der Waals surface area (Å²) >= 11 is 0. The lowest BCUT2D eigenvalue weighted by molar-refractivity contribution is 0.684. The van der Waals surface area contributed by atoms with Gasteiger partial charge in [0.2, 0.25) is 0 Å². The van der Waals surface area contributed by atoms with E-state index in [0.29, 0.717) is 5.92 Å². The standard InChI is InChI=1S/C15H24/c1-5-13-9-7-8-10-15(13)11-14(6-2)12(3)4/h5,11-12H,1,6-10H2,2-4H3/b14-11+. The molecular weight excluding hydrogens is 180 g/mol. The number of rotatable bonds is 4. The van der Waals surface area contributed by atoms with Crippen molar-refractivity contribution >= 4 is 0 Å². The maximum Gasteiger partial charge on any atom is -0.0257 e. The van der Waals surface area contributed by atoms with E-state index in [4.69, 9.17) is 0 Å². The van der Waals surface area contributed by atoms with Gasteiger partial charge in [0.05, 0.1) is 0 Å². The Bertz CT molecular complexity index is 276. The SMILES string of the molecule is C=CC1=C(/C=C(\CC)C(C)C)CCCC1. The van der Waals surface area contributed by atoms with Gasteiger partial charge in [-0.2, -0.15) is 0 Å². The molecule has 0 fully saturated rings. The first-order valence-electron chi connectivity index (χ1n) is 6.24. The van der Waals surface area contributed by atoms with Crippen LogP contribution >= 0.6 is 0 Å². The molecule has 0 nitrogen and oxygen atoms in total. The maximum atomic E-state index is 3.93. The quantitative estimate of drug-likeness (QED) is 0.602. The highest BCUT2D eigenvalue weighted by atomic mass is 14.2. The summed E-state index contributed by atoms with van der Waals surface area (Å²) in [6, 6.07) is 0. The predicted octanol–water partition coefficient (Wildman–Crippen LogP) is 5.04. The third-order valence-corrected chi connectivity index (χ3v) is 3.31. The Morgan fingerprint density at radius 2 is 1.87 bits per heavy atom. The summed E-state index contributed by atoms with van der Waals surface area (Å²) in [6.45, 7) is 10.7. The highest BCUT2D eigenvalue weighted by Gasteiger charge is 2.10. The number of hydrogen-bond acceptors (Lipinski definition) is 0.